The van der Waals surface area contributed by atoms with Crippen molar-refractivity contribution in [3.63, 3.8) is 0 Å². The normalized spacial score (nSPS) is 15.0. The molecule has 0 radical (unpaired) electrons. The first-order valence-corrected chi connectivity index (χ1v) is 13.3. The molecule has 1 amide bonds. The molecule has 40 heavy (non-hydrogen) atoms. The van der Waals surface area contributed by atoms with E-state index in [4.69, 9.17) is 4.74 Å². The number of nitrogens with zero attached hydrogens (tertiary/aromatic N) is 6. The number of rotatable bonds is 6. The minimum Gasteiger partial charge on any atom is -0.494 e. The minimum absolute atomic E-state index is 0.115. The van der Waals surface area contributed by atoms with E-state index >= 15 is 0 Å². The quantitative estimate of drug-likeness (QED) is 0.343. The number of ether oxygens (including phenoxy) is 1. The highest BCUT2D eigenvalue weighted by molar-refractivity contribution is 7.15. The molecule has 0 saturated heterocycles. The van der Waals surface area contributed by atoms with E-state index in [1.807, 2.05) is 16.9 Å². The predicted octanol–water partition coefficient (Wildman–Crippen LogP) is 4.69. The number of carbonyl (C=O) groups excluding carboxylic acids is 1. The van der Waals surface area contributed by atoms with Crippen molar-refractivity contribution in [3.8, 4) is 40.6 Å². The number of pyridine rings is 2. The number of carbonyl (C=O) groups is 1. The van der Waals surface area contributed by atoms with Gasteiger partial charge in [-0.05, 0) is 55.7 Å². The molecule has 0 aliphatic heterocycles. The van der Waals surface area contributed by atoms with E-state index in [9.17, 15) is 13.6 Å². The van der Waals surface area contributed by atoms with Gasteiger partial charge in [-0.3, -0.25) is 19.8 Å². The molecule has 4 aromatic rings. The van der Waals surface area contributed by atoms with Gasteiger partial charge in [0.2, 0.25) is 5.13 Å². The third-order valence-corrected chi connectivity index (χ3v) is 7.22. The highest BCUT2D eigenvalue weighted by Gasteiger charge is 2.43. The van der Waals surface area contributed by atoms with E-state index < -0.39 is 23.6 Å². The number of methoxy groups -OCH3 is 1. The summed E-state index contributed by atoms with van der Waals surface area (Å²) in [5, 5.41) is 15.8. The average Bonchev–Trinajstić information content (AvgIpc) is 3.85. The van der Waals surface area contributed by atoms with Crippen LogP contribution >= 0.6 is 11.3 Å². The van der Waals surface area contributed by atoms with Gasteiger partial charge in [0.1, 0.15) is 22.7 Å². The highest BCUT2D eigenvalue weighted by Crippen LogP contribution is 2.42. The molecule has 2 aliphatic carbocycles. The van der Waals surface area contributed by atoms with Crippen molar-refractivity contribution < 1.29 is 18.3 Å². The topological polar surface area (TPSA) is 108 Å². The maximum Gasteiger partial charge on any atom is 0.280 e. The monoisotopic (exact) mass is 557 g/mol. The summed E-state index contributed by atoms with van der Waals surface area (Å²) < 4.78 is 34.4. The predicted molar refractivity (Wildman–Crippen MR) is 143 cm³/mol. The first kappa shape index (κ1) is 25.6. The van der Waals surface area contributed by atoms with Gasteiger partial charge in [0, 0.05) is 35.6 Å². The number of amides is 1. The zero-order chi connectivity index (χ0) is 27.7. The van der Waals surface area contributed by atoms with E-state index in [2.05, 4.69) is 54.3 Å². The Kier molecular flexibility index (Phi) is 6.70. The Bertz CT molecular complexity index is 1710. The summed E-state index contributed by atoms with van der Waals surface area (Å²) in [4.78, 5) is 21.6. The van der Waals surface area contributed by atoms with Crippen LogP contribution in [0.4, 0.5) is 13.9 Å². The zero-order valence-corrected chi connectivity index (χ0v) is 22.0. The molecule has 4 aromatic heterocycles. The fourth-order valence-electron chi connectivity index (χ4n) is 3.99. The fraction of sp³-hybridized carbons (Fsp3) is 0.286. The van der Waals surface area contributed by atoms with Crippen LogP contribution in [0.25, 0.3) is 11.1 Å². The van der Waals surface area contributed by atoms with E-state index in [0.29, 0.717) is 22.2 Å². The van der Waals surface area contributed by atoms with Gasteiger partial charge >= 0.3 is 0 Å². The van der Waals surface area contributed by atoms with E-state index in [-0.39, 0.29) is 22.0 Å². The van der Waals surface area contributed by atoms with Crippen molar-refractivity contribution in [2.24, 2.45) is 5.92 Å². The van der Waals surface area contributed by atoms with Gasteiger partial charge in [0.15, 0.2) is 5.01 Å². The van der Waals surface area contributed by atoms with Crippen molar-refractivity contribution in [2.45, 2.75) is 37.6 Å². The number of hydrogen-bond donors (Lipinski definition) is 1. The Morgan fingerprint density at radius 3 is 2.73 bits per heavy atom. The van der Waals surface area contributed by atoms with E-state index in [0.717, 1.165) is 37.0 Å². The number of alkyl halides is 2. The summed E-state index contributed by atoms with van der Waals surface area (Å²) in [6.07, 6.45) is 7.17. The van der Waals surface area contributed by atoms with E-state index in [1.54, 1.807) is 12.3 Å². The number of halogens is 2. The molecule has 2 fully saturated rings. The van der Waals surface area contributed by atoms with Crippen molar-refractivity contribution in [3.05, 3.63) is 64.9 Å². The molecule has 0 aromatic carbocycles. The third kappa shape index (κ3) is 5.40. The van der Waals surface area contributed by atoms with Crippen molar-refractivity contribution in [2.75, 3.05) is 12.4 Å². The second-order valence-electron chi connectivity index (χ2n) is 9.37. The van der Waals surface area contributed by atoms with Crippen LogP contribution in [0.15, 0.2) is 43.0 Å². The third-order valence-electron chi connectivity index (χ3n) is 6.47. The van der Waals surface area contributed by atoms with Gasteiger partial charge in [-0.15, -0.1) is 10.2 Å². The minimum atomic E-state index is -2.82. The molecular weight excluding hydrogens is 536 g/mol. The molecule has 0 spiro atoms. The summed E-state index contributed by atoms with van der Waals surface area (Å²) in [6.45, 7) is 0. The Morgan fingerprint density at radius 2 is 2.02 bits per heavy atom. The number of nitrogens with one attached hydrogen (secondary N) is 1. The second-order valence-corrected chi connectivity index (χ2v) is 10.3. The zero-order valence-electron chi connectivity index (χ0n) is 21.2. The molecule has 1 N–H and O–H groups in total. The van der Waals surface area contributed by atoms with Crippen LogP contribution in [0.3, 0.4) is 0 Å². The summed E-state index contributed by atoms with van der Waals surface area (Å²) in [5.41, 5.74) is 0.173. The Balaban J connectivity index is 1.37. The first-order chi connectivity index (χ1) is 19.4. The lowest BCUT2D eigenvalue weighted by Gasteiger charge is -2.14. The SMILES string of the molecule is COc1cnc(C(F)F)cc1-c1cc(C#CC2(n3cccn3)CC2)ncc1C(=O)Nc1nnc(C#CC2CC2)s1. The molecule has 9 nitrogen and oxygen atoms in total. The molecule has 12 heteroatoms. The van der Waals surface area contributed by atoms with Crippen LogP contribution in [0, 0.1) is 29.6 Å². The lowest BCUT2D eigenvalue weighted by molar-refractivity contribution is 0.102. The first-order valence-electron chi connectivity index (χ1n) is 12.5. The number of hydrogen-bond acceptors (Lipinski definition) is 8. The number of aromatic nitrogens is 6. The van der Waals surface area contributed by atoms with Crippen LogP contribution < -0.4 is 10.1 Å². The molecule has 6 rings (SSSR count). The van der Waals surface area contributed by atoms with Crippen molar-refractivity contribution in [1.29, 1.82) is 0 Å². The standard InChI is InChI=1S/C28H21F2N7O2S/c1-39-23-16-32-22(25(29)30)14-20(23)19-13-18(7-8-28(9-10-28)37-12-2-11-33-37)31-15-21(19)26(38)34-27-36-35-24(40-27)6-5-17-3-4-17/h2,11-17,25H,3-4,9-10H2,1H3,(H,34,36,38). The molecular formula is C28H21F2N7O2S. The van der Waals surface area contributed by atoms with Crippen LogP contribution in [0.5, 0.6) is 5.75 Å². The van der Waals surface area contributed by atoms with Crippen LogP contribution in [0.1, 0.15) is 58.9 Å². The molecule has 0 bridgehead atoms. The van der Waals surface area contributed by atoms with Crippen LogP contribution in [-0.4, -0.2) is 43.0 Å². The summed E-state index contributed by atoms with van der Waals surface area (Å²) in [6, 6.07) is 4.62. The largest absolute Gasteiger partial charge is 0.494 e. The lowest BCUT2D eigenvalue weighted by atomic mass is 9.99. The second kappa shape index (κ2) is 10.5. The molecule has 2 aliphatic rings. The number of anilines is 1. The maximum atomic E-state index is 13.6. The summed E-state index contributed by atoms with van der Waals surface area (Å²) >= 11 is 1.15. The fourth-order valence-corrected chi connectivity index (χ4v) is 4.59. The van der Waals surface area contributed by atoms with Gasteiger partial charge in [-0.1, -0.05) is 23.2 Å². The van der Waals surface area contributed by atoms with Crippen LogP contribution in [0.2, 0.25) is 0 Å². The van der Waals surface area contributed by atoms with Gasteiger partial charge in [0.25, 0.3) is 12.3 Å². The molecule has 4 heterocycles. The Hall–Kier alpha value is -4.68. The van der Waals surface area contributed by atoms with Crippen molar-refractivity contribution >= 4 is 22.4 Å². The molecule has 0 unspecified atom stereocenters. The van der Waals surface area contributed by atoms with E-state index in [1.165, 1.54) is 25.6 Å². The Labute approximate surface area is 232 Å². The van der Waals surface area contributed by atoms with Gasteiger partial charge < -0.3 is 4.74 Å². The smallest absolute Gasteiger partial charge is 0.280 e. The van der Waals surface area contributed by atoms with Gasteiger partial charge in [-0.25, -0.2) is 13.8 Å². The molecule has 0 atom stereocenters. The summed E-state index contributed by atoms with van der Waals surface area (Å²) in [7, 11) is 1.40. The lowest BCUT2D eigenvalue weighted by Crippen LogP contribution is -2.15. The Morgan fingerprint density at radius 1 is 1.18 bits per heavy atom. The van der Waals surface area contributed by atoms with Gasteiger partial charge in [0.05, 0.1) is 18.9 Å². The maximum absolute atomic E-state index is 13.6. The molecule has 2 saturated carbocycles. The molecule has 200 valence electrons. The summed E-state index contributed by atoms with van der Waals surface area (Å²) in [5.74, 6) is 12.5. The van der Waals surface area contributed by atoms with Gasteiger partial charge in [-0.2, -0.15) is 5.10 Å². The van der Waals surface area contributed by atoms with Crippen molar-refractivity contribution in [1.82, 2.24) is 29.9 Å². The average molecular weight is 558 g/mol. The highest BCUT2D eigenvalue weighted by atomic mass is 32.1. The van der Waals surface area contributed by atoms with Crippen LogP contribution in [-0.2, 0) is 5.54 Å².